The lowest BCUT2D eigenvalue weighted by atomic mass is 10.1. The maximum Gasteiger partial charge on any atom is 0.296 e. The molecule has 0 spiro atoms. The van der Waals surface area contributed by atoms with Crippen molar-refractivity contribution in [3.63, 3.8) is 0 Å². The highest BCUT2D eigenvalue weighted by Gasteiger charge is 2.20. The molecule has 1 fully saturated rings. The van der Waals surface area contributed by atoms with Crippen LogP contribution in [0.1, 0.15) is 23.2 Å². The first-order chi connectivity index (χ1) is 12.6. The van der Waals surface area contributed by atoms with Gasteiger partial charge in [0, 0.05) is 41.6 Å². The molecule has 1 aliphatic heterocycles. The first kappa shape index (κ1) is 16.3. The number of amides is 1. The molecule has 5 nitrogen and oxygen atoms in total. The van der Waals surface area contributed by atoms with Gasteiger partial charge in [-0.25, -0.2) is 4.39 Å². The van der Waals surface area contributed by atoms with Gasteiger partial charge in [-0.3, -0.25) is 9.59 Å². The first-order valence-electron chi connectivity index (χ1n) is 8.59. The summed E-state index contributed by atoms with van der Waals surface area (Å²) >= 11 is 0. The summed E-state index contributed by atoms with van der Waals surface area (Å²) in [6.07, 6.45) is 3.82. The molecular formula is C20H18FN3O2. The number of rotatable bonds is 4. The van der Waals surface area contributed by atoms with Gasteiger partial charge in [0.05, 0.1) is 5.56 Å². The van der Waals surface area contributed by atoms with Gasteiger partial charge in [-0.15, -0.1) is 0 Å². The predicted octanol–water partition coefficient (Wildman–Crippen LogP) is 3.73. The Morgan fingerprint density at radius 2 is 1.77 bits per heavy atom. The molecule has 26 heavy (non-hydrogen) atoms. The van der Waals surface area contributed by atoms with Gasteiger partial charge in [0.25, 0.3) is 11.7 Å². The number of hydrogen-bond donors (Lipinski definition) is 2. The van der Waals surface area contributed by atoms with Crippen LogP contribution in [0, 0.1) is 5.82 Å². The van der Waals surface area contributed by atoms with Gasteiger partial charge in [0.2, 0.25) is 0 Å². The normalized spacial score (nSPS) is 14.0. The number of nitrogens with zero attached hydrogens (tertiary/aromatic N) is 1. The number of carbonyl (C=O) groups excluding carboxylic acids is 2. The molecule has 3 aromatic rings. The van der Waals surface area contributed by atoms with Crippen molar-refractivity contribution in [1.82, 2.24) is 4.98 Å². The molecule has 2 heterocycles. The lowest BCUT2D eigenvalue weighted by Gasteiger charge is -2.17. The van der Waals surface area contributed by atoms with Crippen LogP contribution in [-0.4, -0.2) is 29.8 Å². The van der Waals surface area contributed by atoms with Crippen molar-refractivity contribution >= 4 is 34.0 Å². The van der Waals surface area contributed by atoms with E-state index < -0.39 is 17.5 Å². The van der Waals surface area contributed by atoms with Gasteiger partial charge in [-0.2, -0.15) is 0 Å². The van der Waals surface area contributed by atoms with E-state index in [4.69, 9.17) is 0 Å². The number of fused-ring (bicyclic) bond motifs is 1. The van der Waals surface area contributed by atoms with Crippen molar-refractivity contribution in [3.05, 3.63) is 60.0 Å². The molecule has 6 heteroatoms. The number of H-pyrrole nitrogens is 1. The third-order valence-electron chi connectivity index (χ3n) is 4.69. The number of carbonyl (C=O) groups is 2. The quantitative estimate of drug-likeness (QED) is 0.556. The molecule has 1 aliphatic rings. The molecule has 0 bridgehead atoms. The van der Waals surface area contributed by atoms with Crippen molar-refractivity contribution in [2.45, 2.75) is 12.8 Å². The van der Waals surface area contributed by atoms with E-state index in [-0.39, 0.29) is 5.56 Å². The average Bonchev–Trinajstić information content (AvgIpc) is 3.31. The number of ketones is 1. The Morgan fingerprint density at radius 1 is 1.04 bits per heavy atom. The Morgan fingerprint density at radius 3 is 2.50 bits per heavy atom. The summed E-state index contributed by atoms with van der Waals surface area (Å²) < 4.78 is 13.2. The van der Waals surface area contributed by atoms with E-state index in [0.29, 0.717) is 16.6 Å². The van der Waals surface area contributed by atoms with E-state index in [9.17, 15) is 14.0 Å². The zero-order chi connectivity index (χ0) is 18.1. The summed E-state index contributed by atoms with van der Waals surface area (Å²) in [4.78, 5) is 29.9. The average molecular weight is 351 g/mol. The van der Waals surface area contributed by atoms with Crippen LogP contribution in [0.4, 0.5) is 15.8 Å². The Balaban J connectivity index is 1.49. The van der Waals surface area contributed by atoms with E-state index in [2.05, 4.69) is 15.2 Å². The molecular weight excluding hydrogens is 333 g/mol. The topological polar surface area (TPSA) is 65.2 Å². The maximum absolute atomic E-state index is 13.2. The number of anilines is 2. The molecule has 2 N–H and O–H groups in total. The number of benzene rings is 2. The minimum atomic E-state index is -0.718. The van der Waals surface area contributed by atoms with Crippen LogP contribution in [0.15, 0.2) is 48.7 Å². The summed E-state index contributed by atoms with van der Waals surface area (Å²) in [7, 11) is 0. The molecule has 1 saturated heterocycles. The van der Waals surface area contributed by atoms with Crippen molar-refractivity contribution < 1.29 is 14.0 Å². The Bertz CT molecular complexity index is 972. The molecule has 0 radical (unpaired) electrons. The number of nitrogens with one attached hydrogen (secondary N) is 2. The highest BCUT2D eigenvalue weighted by atomic mass is 19.1. The second kappa shape index (κ2) is 6.63. The minimum Gasteiger partial charge on any atom is -0.372 e. The van der Waals surface area contributed by atoms with Crippen molar-refractivity contribution in [3.8, 4) is 0 Å². The van der Waals surface area contributed by atoms with E-state index in [1.807, 2.05) is 12.1 Å². The summed E-state index contributed by atoms with van der Waals surface area (Å²) in [6.45, 7) is 2.09. The zero-order valence-electron chi connectivity index (χ0n) is 14.1. The van der Waals surface area contributed by atoms with Gasteiger partial charge in [-0.1, -0.05) is 0 Å². The van der Waals surface area contributed by atoms with Crippen LogP contribution < -0.4 is 10.2 Å². The third kappa shape index (κ3) is 3.06. The molecule has 1 amide bonds. The number of aromatic nitrogens is 1. The van der Waals surface area contributed by atoms with Gasteiger partial charge in [0.15, 0.2) is 0 Å². The summed E-state index contributed by atoms with van der Waals surface area (Å²) in [5.41, 5.74) is 2.39. The summed E-state index contributed by atoms with van der Waals surface area (Å²) in [5, 5.41) is 3.15. The summed E-state index contributed by atoms with van der Waals surface area (Å²) in [5.74, 6) is -1.78. The smallest absolute Gasteiger partial charge is 0.296 e. The van der Waals surface area contributed by atoms with Crippen molar-refractivity contribution in [2.24, 2.45) is 0 Å². The Kier molecular flexibility index (Phi) is 4.16. The highest BCUT2D eigenvalue weighted by molar-refractivity contribution is 6.48. The summed E-state index contributed by atoms with van der Waals surface area (Å²) in [6, 6.07) is 11.5. The standard InChI is InChI=1S/C20H18FN3O2/c21-13-3-8-16-17(12-22-18(16)11-13)19(25)20(26)23-14-4-6-15(7-5-14)24-9-1-2-10-24/h3-8,11-12,22H,1-2,9-10H2,(H,23,26). The first-order valence-corrected chi connectivity index (χ1v) is 8.59. The fourth-order valence-electron chi connectivity index (χ4n) is 3.33. The highest BCUT2D eigenvalue weighted by Crippen LogP contribution is 2.23. The van der Waals surface area contributed by atoms with Crippen molar-refractivity contribution in [1.29, 1.82) is 0 Å². The second-order valence-corrected chi connectivity index (χ2v) is 6.42. The van der Waals surface area contributed by atoms with Crippen molar-refractivity contribution in [2.75, 3.05) is 23.3 Å². The SMILES string of the molecule is O=C(Nc1ccc(N2CCCC2)cc1)C(=O)c1c[nH]c2cc(F)ccc12. The van der Waals surface area contributed by atoms with Crippen LogP contribution in [-0.2, 0) is 4.79 Å². The largest absolute Gasteiger partial charge is 0.372 e. The monoisotopic (exact) mass is 351 g/mol. The fourth-order valence-corrected chi connectivity index (χ4v) is 3.33. The maximum atomic E-state index is 13.2. The Labute approximate surface area is 149 Å². The fraction of sp³-hybridized carbons (Fsp3) is 0.200. The van der Waals surface area contributed by atoms with Gasteiger partial charge < -0.3 is 15.2 Å². The van der Waals surface area contributed by atoms with E-state index in [1.165, 1.54) is 37.2 Å². The lowest BCUT2D eigenvalue weighted by Crippen LogP contribution is -2.23. The van der Waals surface area contributed by atoms with E-state index >= 15 is 0 Å². The second-order valence-electron chi connectivity index (χ2n) is 6.42. The third-order valence-corrected chi connectivity index (χ3v) is 4.69. The van der Waals surface area contributed by atoms with Crippen LogP contribution in [0.25, 0.3) is 10.9 Å². The Hall–Kier alpha value is -3.15. The van der Waals surface area contributed by atoms with Gasteiger partial charge in [0.1, 0.15) is 5.82 Å². The number of halogens is 1. The van der Waals surface area contributed by atoms with Gasteiger partial charge >= 0.3 is 0 Å². The molecule has 132 valence electrons. The molecule has 0 unspecified atom stereocenters. The number of hydrogen-bond acceptors (Lipinski definition) is 3. The molecule has 4 rings (SSSR count). The number of Topliss-reactive ketones (excluding diaryl/α,β-unsaturated/α-hetero) is 1. The predicted molar refractivity (Wildman–Crippen MR) is 99.1 cm³/mol. The van der Waals surface area contributed by atoms with E-state index in [1.54, 1.807) is 12.1 Å². The molecule has 1 aromatic heterocycles. The molecule has 0 atom stereocenters. The number of aromatic amines is 1. The van der Waals surface area contributed by atoms with E-state index in [0.717, 1.165) is 18.8 Å². The molecule has 2 aromatic carbocycles. The van der Waals surface area contributed by atoms with Crippen LogP contribution >= 0.6 is 0 Å². The molecule has 0 aliphatic carbocycles. The zero-order valence-corrected chi connectivity index (χ0v) is 14.1. The van der Waals surface area contributed by atoms with Gasteiger partial charge in [-0.05, 0) is 55.3 Å². The van der Waals surface area contributed by atoms with Crippen LogP contribution in [0.5, 0.6) is 0 Å². The molecule has 0 saturated carbocycles. The van der Waals surface area contributed by atoms with Crippen LogP contribution in [0.3, 0.4) is 0 Å². The minimum absolute atomic E-state index is 0.228. The lowest BCUT2D eigenvalue weighted by molar-refractivity contribution is -0.112. The van der Waals surface area contributed by atoms with Crippen LogP contribution in [0.2, 0.25) is 0 Å².